The molecule has 136 valence electrons. The van der Waals surface area contributed by atoms with Crippen molar-refractivity contribution in [1.29, 1.82) is 0 Å². The summed E-state index contributed by atoms with van der Waals surface area (Å²) in [4.78, 5) is 14.3. The molecule has 0 fully saturated rings. The predicted molar refractivity (Wildman–Crippen MR) is 92.6 cm³/mol. The SMILES string of the molecule is NC(CO)(CO)CO.O=C(O)/C=C/c1ccc(Cn2ccnc2)cc1. The van der Waals surface area contributed by atoms with Crippen LogP contribution in [0.4, 0.5) is 0 Å². The Morgan fingerprint density at radius 2 is 1.76 bits per heavy atom. The molecular formula is C17H23N3O5. The van der Waals surface area contributed by atoms with Crippen LogP contribution in [0.25, 0.3) is 6.08 Å². The first kappa shape index (κ1) is 20.5. The third kappa shape index (κ3) is 7.73. The lowest BCUT2D eigenvalue weighted by Crippen LogP contribution is -2.50. The molecule has 1 aromatic heterocycles. The van der Waals surface area contributed by atoms with E-state index in [1.165, 1.54) is 0 Å². The van der Waals surface area contributed by atoms with Crippen LogP contribution in [0.5, 0.6) is 0 Å². The number of aliphatic carboxylic acids is 1. The average molecular weight is 349 g/mol. The number of hydrogen-bond acceptors (Lipinski definition) is 6. The van der Waals surface area contributed by atoms with Gasteiger partial charge in [-0.05, 0) is 17.2 Å². The summed E-state index contributed by atoms with van der Waals surface area (Å²) in [6, 6.07) is 7.74. The maximum absolute atomic E-state index is 10.4. The van der Waals surface area contributed by atoms with Crippen molar-refractivity contribution in [2.75, 3.05) is 19.8 Å². The molecule has 0 saturated carbocycles. The molecule has 0 bridgehead atoms. The molecule has 1 aromatic carbocycles. The van der Waals surface area contributed by atoms with Gasteiger partial charge in [-0.2, -0.15) is 0 Å². The molecule has 0 unspecified atom stereocenters. The minimum absolute atomic E-state index is 0.403. The molecule has 0 aliphatic carbocycles. The Morgan fingerprint density at radius 3 is 2.16 bits per heavy atom. The highest BCUT2D eigenvalue weighted by Crippen LogP contribution is 2.07. The Balaban J connectivity index is 0.000000333. The Labute approximate surface area is 145 Å². The Bertz CT molecular complexity index is 641. The average Bonchev–Trinajstić information content (AvgIpc) is 3.14. The van der Waals surface area contributed by atoms with Crippen molar-refractivity contribution in [2.24, 2.45) is 5.73 Å². The zero-order chi connectivity index (χ0) is 18.7. The van der Waals surface area contributed by atoms with Crippen LogP contribution in [-0.2, 0) is 11.3 Å². The number of nitrogens with two attached hydrogens (primary N) is 1. The van der Waals surface area contributed by atoms with Gasteiger partial charge in [0, 0.05) is 25.0 Å². The second-order valence-corrected chi connectivity index (χ2v) is 5.48. The number of hydrogen-bond donors (Lipinski definition) is 5. The van der Waals surface area contributed by atoms with Crippen molar-refractivity contribution in [3.63, 3.8) is 0 Å². The molecule has 2 aromatic rings. The molecule has 0 spiro atoms. The highest BCUT2D eigenvalue weighted by Gasteiger charge is 2.20. The Hall–Kier alpha value is -2.52. The summed E-state index contributed by atoms with van der Waals surface area (Å²) in [6.07, 6.45) is 8.11. The van der Waals surface area contributed by atoms with E-state index in [9.17, 15) is 4.79 Å². The molecule has 6 N–H and O–H groups in total. The number of carbonyl (C=O) groups is 1. The van der Waals surface area contributed by atoms with Crippen LogP contribution in [0.15, 0.2) is 49.1 Å². The number of carboxylic acids is 1. The highest BCUT2D eigenvalue weighted by atomic mass is 16.4. The van der Waals surface area contributed by atoms with E-state index in [0.29, 0.717) is 0 Å². The fourth-order valence-corrected chi connectivity index (χ4v) is 1.64. The number of benzene rings is 1. The fourth-order valence-electron chi connectivity index (χ4n) is 1.64. The van der Waals surface area contributed by atoms with Crippen LogP contribution in [0.3, 0.4) is 0 Å². The third-order valence-electron chi connectivity index (χ3n) is 3.27. The molecule has 8 heteroatoms. The highest BCUT2D eigenvalue weighted by molar-refractivity contribution is 5.85. The van der Waals surface area contributed by atoms with Gasteiger partial charge in [-0.1, -0.05) is 24.3 Å². The van der Waals surface area contributed by atoms with Gasteiger partial charge in [0.1, 0.15) is 0 Å². The van der Waals surface area contributed by atoms with Crippen LogP contribution in [0, 0.1) is 0 Å². The second kappa shape index (κ2) is 10.4. The molecule has 0 aliphatic heterocycles. The van der Waals surface area contributed by atoms with E-state index in [4.69, 9.17) is 26.2 Å². The van der Waals surface area contributed by atoms with Crippen molar-refractivity contribution >= 4 is 12.0 Å². The number of aromatic nitrogens is 2. The van der Waals surface area contributed by atoms with Crippen LogP contribution >= 0.6 is 0 Å². The zero-order valence-corrected chi connectivity index (χ0v) is 13.7. The molecule has 0 amide bonds. The summed E-state index contributed by atoms with van der Waals surface area (Å²) >= 11 is 0. The lowest BCUT2D eigenvalue weighted by molar-refractivity contribution is -0.131. The predicted octanol–water partition coefficient (Wildman–Crippen LogP) is -0.310. The summed E-state index contributed by atoms with van der Waals surface area (Å²) in [7, 11) is 0. The van der Waals surface area contributed by atoms with Gasteiger partial charge in [0.2, 0.25) is 0 Å². The minimum Gasteiger partial charge on any atom is -0.478 e. The van der Waals surface area contributed by atoms with E-state index >= 15 is 0 Å². The molecular weight excluding hydrogens is 326 g/mol. The van der Waals surface area contributed by atoms with E-state index in [1.54, 1.807) is 18.6 Å². The topological polar surface area (TPSA) is 142 Å². The van der Waals surface area contributed by atoms with Gasteiger partial charge in [-0.25, -0.2) is 9.78 Å². The number of imidazole rings is 1. The zero-order valence-electron chi connectivity index (χ0n) is 13.7. The maximum Gasteiger partial charge on any atom is 0.328 e. The number of aliphatic hydroxyl groups excluding tert-OH is 3. The van der Waals surface area contributed by atoms with Gasteiger partial charge in [0.05, 0.1) is 31.7 Å². The van der Waals surface area contributed by atoms with E-state index < -0.39 is 31.3 Å². The van der Waals surface area contributed by atoms with Gasteiger partial charge < -0.3 is 30.7 Å². The first-order chi connectivity index (χ1) is 11.9. The Morgan fingerprint density at radius 1 is 1.16 bits per heavy atom. The van der Waals surface area contributed by atoms with Crippen molar-refractivity contribution < 1.29 is 25.2 Å². The van der Waals surface area contributed by atoms with E-state index in [1.807, 2.05) is 35.0 Å². The third-order valence-corrected chi connectivity index (χ3v) is 3.27. The number of rotatable bonds is 7. The van der Waals surface area contributed by atoms with Crippen molar-refractivity contribution in [3.05, 3.63) is 60.2 Å². The Kier molecular flexibility index (Phi) is 8.51. The molecule has 0 atom stereocenters. The largest absolute Gasteiger partial charge is 0.478 e. The molecule has 2 rings (SSSR count). The fraction of sp³-hybridized carbons (Fsp3) is 0.294. The first-order valence-electron chi connectivity index (χ1n) is 7.49. The molecule has 0 radical (unpaired) electrons. The summed E-state index contributed by atoms with van der Waals surface area (Å²) in [5.41, 5.74) is 5.96. The van der Waals surface area contributed by atoms with Gasteiger partial charge in [0.15, 0.2) is 0 Å². The molecule has 0 saturated heterocycles. The van der Waals surface area contributed by atoms with Crippen LogP contribution in [-0.4, -0.2) is 61.3 Å². The number of nitrogens with zero attached hydrogens (tertiary/aromatic N) is 2. The summed E-state index contributed by atoms with van der Waals surface area (Å²) < 4.78 is 1.97. The lowest BCUT2D eigenvalue weighted by atomic mass is 10.1. The van der Waals surface area contributed by atoms with Gasteiger partial charge in [0.25, 0.3) is 0 Å². The van der Waals surface area contributed by atoms with Crippen LogP contribution in [0.1, 0.15) is 11.1 Å². The van der Waals surface area contributed by atoms with Crippen molar-refractivity contribution in [1.82, 2.24) is 9.55 Å². The summed E-state index contributed by atoms with van der Waals surface area (Å²) in [6.45, 7) is -0.442. The lowest BCUT2D eigenvalue weighted by Gasteiger charge is -2.20. The first-order valence-corrected chi connectivity index (χ1v) is 7.49. The molecule has 0 aliphatic rings. The van der Waals surface area contributed by atoms with E-state index in [0.717, 1.165) is 23.7 Å². The summed E-state index contributed by atoms with van der Waals surface area (Å²) in [5.74, 6) is -0.938. The van der Waals surface area contributed by atoms with Gasteiger partial charge >= 0.3 is 5.97 Å². The molecule has 25 heavy (non-hydrogen) atoms. The van der Waals surface area contributed by atoms with Gasteiger partial charge in [-0.15, -0.1) is 0 Å². The number of carboxylic acid groups (broad SMARTS) is 1. The normalized spacial score (nSPS) is 11.2. The minimum atomic E-state index is -1.21. The smallest absolute Gasteiger partial charge is 0.328 e. The maximum atomic E-state index is 10.4. The molecule has 1 heterocycles. The van der Waals surface area contributed by atoms with E-state index in [2.05, 4.69) is 4.98 Å². The van der Waals surface area contributed by atoms with Crippen LogP contribution < -0.4 is 5.73 Å². The van der Waals surface area contributed by atoms with E-state index in [-0.39, 0.29) is 0 Å². The van der Waals surface area contributed by atoms with Crippen molar-refractivity contribution in [2.45, 2.75) is 12.1 Å². The molecule has 8 nitrogen and oxygen atoms in total. The number of aliphatic hydroxyl groups is 3. The van der Waals surface area contributed by atoms with Gasteiger partial charge in [-0.3, -0.25) is 0 Å². The van der Waals surface area contributed by atoms with Crippen LogP contribution in [0.2, 0.25) is 0 Å². The summed E-state index contributed by atoms with van der Waals surface area (Å²) in [5, 5.41) is 33.5. The standard InChI is InChI=1S/C13H12N2O2.C4H11NO3/c16-13(17)6-5-11-1-3-12(4-2-11)9-15-8-7-14-10-15;5-4(1-6,2-7)3-8/h1-8,10H,9H2,(H,16,17);6-8H,1-3,5H2/b6-5+;. The van der Waals surface area contributed by atoms with Crippen molar-refractivity contribution in [3.8, 4) is 0 Å². The second-order valence-electron chi connectivity index (χ2n) is 5.48. The quantitative estimate of drug-likeness (QED) is 0.432. The monoisotopic (exact) mass is 349 g/mol.